The highest BCUT2D eigenvalue weighted by Gasteiger charge is 2.49. The molecule has 2 aliphatic rings. The lowest BCUT2D eigenvalue weighted by Gasteiger charge is -2.49. The van der Waals surface area contributed by atoms with Gasteiger partial charge in [0.05, 0.1) is 25.4 Å². The van der Waals surface area contributed by atoms with Gasteiger partial charge in [-0.2, -0.15) is 0 Å². The van der Waals surface area contributed by atoms with Crippen molar-refractivity contribution < 1.29 is 24.4 Å². The van der Waals surface area contributed by atoms with E-state index in [1.807, 2.05) is 30.3 Å². The van der Waals surface area contributed by atoms with Crippen molar-refractivity contribution in [2.24, 2.45) is 5.41 Å². The maximum absolute atomic E-state index is 10.4. The van der Waals surface area contributed by atoms with Crippen molar-refractivity contribution in [2.45, 2.75) is 50.4 Å². The summed E-state index contributed by atoms with van der Waals surface area (Å²) in [6.45, 7) is 0.185. The molecule has 25 heavy (non-hydrogen) atoms. The number of fused-ring (bicyclic) bond motifs is 1. The molecule has 0 aliphatic heterocycles. The number of benzene rings is 1. The molecule has 0 bridgehead atoms. The predicted molar refractivity (Wildman–Crippen MR) is 94.3 cm³/mol. The Hall–Kier alpha value is -1.40. The van der Waals surface area contributed by atoms with Crippen LogP contribution in [0, 0.1) is 5.41 Å². The lowest BCUT2D eigenvalue weighted by atomic mass is 9.59. The molecule has 0 saturated heterocycles. The molecule has 1 saturated carbocycles. The van der Waals surface area contributed by atoms with Crippen LogP contribution in [0.1, 0.15) is 43.8 Å². The van der Waals surface area contributed by atoms with Crippen LogP contribution in [0.15, 0.2) is 35.9 Å². The second-order valence-electron chi connectivity index (χ2n) is 7.04. The van der Waals surface area contributed by atoms with E-state index in [0.717, 1.165) is 37.0 Å². The minimum Gasteiger partial charge on any atom is -0.497 e. The van der Waals surface area contributed by atoms with Gasteiger partial charge in [0.15, 0.2) is 0 Å². The average Bonchev–Trinajstić information content (AvgIpc) is 2.63. The van der Waals surface area contributed by atoms with Gasteiger partial charge in [0, 0.05) is 12.5 Å². The molecule has 3 rings (SSSR count). The number of ether oxygens (including phenoxy) is 3. The Balaban J connectivity index is 2.01. The first-order chi connectivity index (χ1) is 12.1. The van der Waals surface area contributed by atoms with Gasteiger partial charge >= 0.3 is 0 Å². The molecule has 4 atom stereocenters. The fraction of sp³-hybridized carbons (Fsp3) is 0.600. The summed E-state index contributed by atoms with van der Waals surface area (Å²) in [5.41, 5.74) is 1.94. The fourth-order valence-corrected chi connectivity index (χ4v) is 4.36. The van der Waals surface area contributed by atoms with Crippen LogP contribution in [-0.4, -0.2) is 43.4 Å². The summed E-state index contributed by atoms with van der Waals surface area (Å²) >= 11 is 0. The van der Waals surface area contributed by atoms with Crippen LogP contribution in [0.25, 0.3) is 0 Å². The number of aliphatic hydroxyl groups excluding tert-OH is 2. The van der Waals surface area contributed by atoms with Gasteiger partial charge in [-0.25, -0.2) is 0 Å². The highest BCUT2D eigenvalue weighted by atomic mass is 16.7. The number of hydrogen-bond acceptors (Lipinski definition) is 5. The Labute approximate surface area is 149 Å². The molecule has 138 valence electrons. The predicted octanol–water partition coefficient (Wildman–Crippen LogP) is 2.97. The number of hydrogen-bond donors (Lipinski definition) is 2. The summed E-state index contributed by atoms with van der Waals surface area (Å²) in [4.78, 5) is 0. The van der Waals surface area contributed by atoms with Crippen molar-refractivity contribution in [3.05, 3.63) is 41.5 Å². The Morgan fingerprint density at radius 2 is 1.92 bits per heavy atom. The third-order valence-corrected chi connectivity index (χ3v) is 5.57. The van der Waals surface area contributed by atoms with E-state index in [4.69, 9.17) is 14.2 Å². The average molecular weight is 348 g/mol. The normalized spacial score (nSPS) is 30.3. The molecular formula is C20H28O5. The van der Waals surface area contributed by atoms with Crippen molar-refractivity contribution in [2.75, 3.05) is 21.0 Å². The van der Waals surface area contributed by atoms with Crippen LogP contribution in [-0.2, 0) is 9.47 Å². The van der Waals surface area contributed by atoms with Crippen molar-refractivity contribution in [1.82, 2.24) is 0 Å². The van der Waals surface area contributed by atoms with E-state index in [1.54, 1.807) is 14.2 Å². The van der Waals surface area contributed by atoms with E-state index in [0.29, 0.717) is 6.42 Å². The second-order valence-corrected chi connectivity index (χ2v) is 7.04. The third-order valence-electron chi connectivity index (χ3n) is 5.57. The lowest BCUT2D eigenvalue weighted by Crippen LogP contribution is -2.45. The summed E-state index contributed by atoms with van der Waals surface area (Å²) < 4.78 is 16.6. The number of methoxy groups -OCH3 is 2. The summed E-state index contributed by atoms with van der Waals surface area (Å²) in [7, 11) is 3.26. The van der Waals surface area contributed by atoms with Gasteiger partial charge in [0.1, 0.15) is 12.5 Å². The monoisotopic (exact) mass is 348 g/mol. The zero-order valence-electron chi connectivity index (χ0n) is 15.0. The summed E-state index contributed by atoms with van der Waals surface area (Å²) in [5, 5.41) is 20.5. The molecule has 5 nitrogen and oxygen atoms in total. The van der Waals surface area contributed by atoms with Crippen LogP contribution in [0.5, 0.6) is 5.75 Å². The third kappa shape index (κ3) is 3.60. The topological polar surface area (TPSA) is 68.2 Å². The minimum atomic E-state index is -0.792. The molecule has 0 radical (unpaired) electrons. The Bertz CT molecular complexity index is 597. The minimum absolute atomic E-state index is 0.185. The smallest absolute Gasteiger partial charge is 0.147 e. The molecule has 0 heterocycles. The summed E-state index contributed by atoms with van der Waals surface area (Å²) in [6.07, 6.45) is 4.62. The molecule has 0 amide bonds. The van der Waals surface area contributed by atoms with Gasteiger partial charge in [0.25, 0.3) is 0 Å². The molecule has 1 aromatic carbocycles. The molecule has 1 fully saturated rings. The molecule has 0 aromatic heterocycles. The van der Waals surface area contributed by atoms with E-state index >= 15 is 0 Å². The standard InChI is InChI=1S/C20H28O5/c1-23-13-25-19(14-6-8-16(24-2)9-7-14)20-10-4-3-5-15(20)11-17(21)18(22)12-20/h6-9,11,17-19,21-22H,3-5,10,12-13H2,1-2H3/t17?,18?,19-,20-/m0/s1. The van der Waals surface area contributed by atoms with E-state index in [2.05, 4.69) is 0 Å². The highest BCUT2D eigenvalue weighted by Crippen LogP contribution is 2.56. The van der Waals surface area contributed by atoms with E-state index in [1.165, 1.54) is 5.57 Å². The van der Waals surface area contributed by atoms with Gasteiger partial charge in [-0.15, -0.1) is 0 Å². The van der Waals surface area contributed by atoms with Crippen LogP contribution < -0.4 is 4.74 Å². The first-order valence-electron chi connectivity index (χ1n) is 8.92. The van der Waals surface area contributed by atoms with Gasteiger partial charge in [-0.05, 0) is 43.4 Å². The zero-order chi connectivity index (χ0) is 17.9. The summed E-state index contributed by atoms with van der Waals surface area (Å²) in [5.74, 6) is 0.797. The van der Waals surface area contributed by atoms with Gasteiger partial charge in [-0.1, -0.05) is 30.2 Å². The SMILES string of the molecule is COCO[C@@H](c1ccc(OC)cc1)[C@]12CCCCC1=CC(O)C(O)C2. The maximum Gasteiger partial charge on any atom is 0.147 e. The maximum atomic E-state index is 10.4. The Morgan fingerprint density at radius 3 is 2.60 bits per heavy atom. The van der Waals surface area contributed by atoms with Crippen molar-refractivity contribution >= 4 is 0 Å². The Morgan fingerprint density at radius 1 is 1.16 bits per heavy atom. The lowest BCUT2D eigenvalue weighted by molar-refractivity contribution is -0.135. The molecule has 2 aliphatic carbocycles. The quantitative estimate of drug-likeness (QED) is 0.611. The summed E-state index contributed by atoms with van der Waals surface area (Å²) in [6, 6.07) is 7.88. The first kappa shape index (κ1) is 18.4. The molecule has 5 heteroatoms. The first-order valence-corrected chi connectivity index (χ1v) is 8.92. The van der Waals surface area contributed by atoms with Crippen molar-refractivity contribution in [3.63, 3.8) is 0 Å². The van der Waals surface area contributed by atoms with Gasteiger partial charge in [-0.3, -0.25) is 0 Å². The van der Waals surface area contributed by atoms with Crippen LogP contribution in [0.4, 0.5) is 0 Å². The number of aliphatic hydroxyl groups is 2. The van der Waals surface area contributed by atoms with E-state index in [-0.39, 0.29) is 18.3 Å². The highest BCUT2D eigenvalue weighted by molar-refractivity contribution is 5.34. The second kappa shape index (κ2) is 7.87. The van der Waals surface area contributed by atoms with Crippen LogP contribution in [0.3, 0.4) is 0 Å². The molecular weight excluding hydrogens is 320 g/mol. The van der Waals surface area contributed by atoms with Gasteiger partial charge in [0.2, 0.25) is 0 Å². The van der Waals surface area contributed by atoms with E-state index in [9.17, 15) is 10.2 Å². The zero-order valence-corrected chi connectivity index (χ0v) is 15.0. The number of rotatable bonds is 6. The molecule has 2 N–H and O–H groups in total. The van der Waals surface area contributed by atoms with Crippen LogP contribution >= 0.6 is 0 Å². The van der Waals surface area contributed by atoms with Crippen LogP contribution in [0.2, 0.25) is 0 Å². The van der Waals surface area contributed by atoms with Crippen molar-refractivity contribution in [1.29, 1.82) is 0 Å². The van der Waals surface area contributed by atoms with Gasteiger partial charge < -0.3 is 24.4 Å². The largest absolute Gasteiger partial charge is 0.497 e. The van der Waals surface area contributed by atoms with Crippen molar-refractivity contribution in [3.8, 4) is 5.75 Å². The molecule has 1 aromatic rings. The fourth-order valence-electron chi connectivity index (χ4n) is 4.36. The molecule has 2 unspecified atom stereocenters. The Kier molecular flexibility index (Phi) is 5.79. The molecule has 0 spiro atoms. The van der Waals surface area contributed by atoms with E-state index < -0.39 is 12.2 Å².